The molecule has 0 saturated carbocycles. The molecule has 1 amide bonds. The molecule has 3 N–H and O–H groups in total. The van der Waals surface area contributed by atoms with Gasteiger partial charge in [-0.25, -0.2) is 9.97 Å². The van der Waals surface area contributed by atoms with Crippen molar-refractivity contribution in [2.45, 2.75) is 6.54 Å². The van der Waals surface area contributed by atoms with Crippen LogP contribution in [0.2, 0.25) is 5.15 Å². The third kappa shape index (κ3) is 3.18. The van der Waals surface area contributed by atoms with E-state index in [4.69, 9.17) is 17.3 Å². The lowest BCUT2D eigenvalue weighted by Gasteiger charge is -2.05. The number of hydrogen-bond acceptors (Lipinski definition) is 4. The van der Waals surface area contributed by atoms with Crippen molar-refractivity contribution in [3.05, 3.63) is 52.9 Å². The molecular weight excluding hydrogens is 252 g/mol. The Bertz CT molecular complexity index is 539. The summed E-state index contributed by atoms with van der Waals surface area (Å²) < 4.78 is 0. The zero-order valence-corrected chi connectivity index (χ0v) is 10.2. The molecule has 0 saturated heterocycles. The number of nitrogens with zero attached hydrogens (tertiary/aromatic N) is 2. The molecule has 2 aromatic heterocycles. The second-order valence-corrected chi connectivity index (χ2v) is 4.03. The van der Waals surface area contributed by atoms with Crippen LogP contribution in [0.15, 0.2) is 36.7 Å². The van der Waals surface area contributed by atoms with Gasteiger partial charge in [0.1, 0.15) is 11.0 Å². The molecule has 2 rings (SSSR count). The van der Waals surface area contributed by atoms with Gasteiger partial charge in [-0.05, 0) is 23.8 Å². The summed E-state index contributed by atoms with van der Waals surface area (Å²) in [5.74, 6) is 0.172. The molecule has 0 aromatic carbocycles. The number of carbonyl (C=O) groups is 1. The monoisotopic (exact) mass is 262 g/mol. The van der Waals surface area contributed by atoms with Crippen LogP contribution in [0.4, 0.5) is 5.82 Å². The topological polar surface area (TPSA) is 80.9 Å². The normalized spacial score (nSPS) is 10.1. The number of rotatable bonds is 3. The van der Waals surface area contributed by atoms with Crippen molar-refractivity contribution in [2.75, 3.05) is 5.73 Å². The molecule has 18 heavy (non-hydrogen) atoms. The Labute approximate surface area is 109 Å². The maximum absolute atomic E-state index is 11.8. The first-order valence-electron chi connectivity index (χ1n) is 5.25. The molecule has 0 spiro atoms. The molecule has 0 atom stereocenters. The average Bonchev–Trinajstić information content (AvgIpc) is 2.38. The molecule has 5 nitrogen and oxygen atoms in total. The SMILES string of the molecule is Nc1ccc(C(=O)NCc2ccc(Cl)nc2)cn1. The third-order valence-electron chi connectivity index (χ3n) is 2.29. The Morgan fingerprint density at radius 3 is 2.67 bits per heavy atom. The van der Waals surface area contributed by atoms with E-state index < -0.39 is 0 Å². The number of pyridine rings is 2. The minimum absolute atomic E-state index is 0.211. The number of carbonyl (C=O) groups excluding carboxylic acids is 1. The highest BCUT2D eigenvalue weighted by molar-refractivity contribution is 6.29. The molecule has 2 heterocycles. The highest BCUT2D eigenvalue weighted by Crippen LogP contribution is 2.06. The Hall–Kier alpha value is -2.14. The number of anilines is 1. The summed E-state index contributed by atoms with van der Waals surface area (Å²) in [5, 5.41) is 3.18. The summed E-state index contributed by atoms with van der Waals surface area (Å²) in [6, 6.07) is 6.68. The van der Waals surface area contributed by atoms with E-state index in [1.165, 1.54) is 6.20 Å². The minimum atomic E-state index is -0.211. The molecule has 0 bridgehead atoms. The van der Waals surface area contributed by atoms with Gasteiger partial charge >= 0.3 is 0 Å². The van der Waals surface area contributed by atoms with E-state index in [-0.39, 0.29) is 5.91 Å². The van der Waals surface area contributed by atoms with E-state index in [1.807, 2.05) is 0 Å². The summed E-state index contributed by atoms with van der Waals surface area (Å²) in [4.78, 5) is 19.5. The molecule has 0 fully saturated rings. The molecule has 2 aromatic rings. The number of amides is 1. The van der Waals surface area contributed by atoms with E-state index >= 15 is 0 Å². The Balaban J connectivity index is 1.96. The van der Waals surface area contributed by atoms with Gasteiger partial charge in [-0.2, -0.15) is 0 Å². The number of nitrogen functional groups attached to an aromatic ring is 1. The molecular formula is C12H11ClN4O. The number of hydrogen-bond donors (Lipinski definition) is 2. The van der Waals surface area contributed by atoms with Crippen LogP contribution in [0.3, 0.4) is 0 Å². The lowest BCUT2D eigenvalue weighted by molar-refractivity contribution is 0.0950. The van der Waals surface area contributed by atoms with Crippen LogP contribution in [-0.2, 0) is 6.54 Å². The van der Waals surface area contributed by atoms with E-state index in [9.17, 15) is 4.79 Å². The smallest absolute Gasteiger partial charge is 0.253 e. The van der Waals surface area contributed by atoms with E-state index in [2.05, 4.69) is 15.3 Å². The standard InChI is InChI=1S/C12H11ClN4O/c13-10-3-1-8(5-15-10)6-17-12(18)9-2-4-11(14)16-7-9/h1-5,7H,6H2,(H2,14,16)(H,17,18). The second kappa shape index (κ2) is 5.46. The van der Waals surface area contributed by atoms with Crippen molar-refractivity contribution in [2.24, 2.45) is 0 Å². The first-order chi connectivity index (χ1) is 8.65. The van der Waals surface area contributed by atoms with Crippen LogP contribution in [-0.4, -0.2) is 15.9 Å². The van der Waals surface area contributed by atoms with Gasteiger partial charge in [0, 0.05) is 18.9 Å². The quantitative estimate of drug-likeness (QED) is 0.824. The first-order valence-corrected chi connectivity index (χ1v) is 5.63. The van der Waals surface area contributed by atoms with E-state index in [0.717, 1.165) is 5.56 Å². The van der Waals surface area contributed by atoms with Gasteiger partial charge in [-0.3, -0.25) is 4.79 Å². The predicted molar refractivity (Wildman–Crippen MR) is 69.1 cm³/mol. The van der Waals surface area contributed by atoms with Crippen molar-refractivity contribution in [1.82, 2.24) is 15.3 Å². The highest BCUT2D eigenvalue weighted by Gasteiger charge is 2.05. The number of nitrogens with two attached hydrogens (primary N) is 1. The van der Waals surface area contributed by atoms with Crippen LogP contribution >= 0.6 is 11.6 Å². The maximum atomic E-state index is 11.8. The number of aromatic nitrogens is 2. The second-order valence-electron chi connectivity index (χ2n) is 3.64. The number of nitrogens with one attached hydrogen (secondary N) is 1. The van der Waals surface area contributed by atoms with Crippen molar-refractivity contribution >= 4 is 23.3 Å². The van der Waals surface area contributed by atoms with Crippen LogP contribution in [0.5, 0.6) is 0 Å². The Morgan fingerprint density at radius 2 is 2.06 bits per heavy atom. The van der Waals surface area contributed by atoms with Gasteiger partial charge in [0.25, 0.3) is 5.91 Å². The van der Waals surface area contributed by atoms with Crippen molar-refractivity contribution in [3.63, 3.8) is 0 Å². The molecule has 0 unspecified atom stereocenters. The van der Waals surface area contributed by atoms with E-state index in [1.54, 1.807) is 30.5 Å². The molecule has 92 valence electrons. The van der Waals surface area contributed by atoms with Gasteiger partial charge < -0.3 is 11.1 Å². The number of halogens is 1. The summed E-state index contributed by atoms with van der Waals surface area (Å²) in [7, 11) is 0. The van der Waals surface area contributed by atoms with Gasteiger partial charge in [0.05, 0.1) is 5.56 Å². The van der Waals surface area contributed by atoms with Gasteiger partial charge in [-0.15, -0.1) is 0 Å². The lowest BCUT2D eigenvalue weighted by Crippen LogP contribution is -2.23. The van der Waals surface area contributed by atoms with Gasteiger partial charge in [-0.1, -0.05) is 17.7 Å². The van der Waals surface area contributed by atoms with Crippen LogP contribution in [0.1, 0.15) is 15.9 Å². The van der Waals surface area contributed by atoms with Crippen molar-refractivity contribution < 1.29 is 4.79 Å². The molecule has 0 aliphatic carbocycles. The van der Waals surface area contributed by atoms with Gasteiger partial charge in [0.15, 0.2) is 0 Å². The van der Waals surface area contributed by atoms with Crippen LogP contribution in [0, 0.1) is 0 Å². The largest absolute Gasteiger partial charge is 0.384 e. The van der Waals surface area contributed by atoms with Gasteiger partial charge in [0.2, 0.25) is 0 Å². The zero-order chi connectivity index (χ0) is 13.0. The fourth-order valence-corrected chi connectivity index (χ4v) is 1.45. The molecule has 6 heteroatoms. The predicted octanol–water partition coefficient (Wildman–Crippen LogP) is 1.64. The third-order valence-corrected chi connectivity index (χ3v) is 2.51. The van der Waals surface area contributed by atoms with Crippen LogP contribution < -0.4 is 11.1 Å². The summed E-state index contributed by atoms with van der Waals surface area (Å²) in [5.41, 5.74) is 6.78. The molecule has 0 aliphatic rings. The van der Waals surface area contributed by atoms with E-state index in [0.29, 0.717) is 23.1 Å². The van der Waals surface area contributed by atoms with Crippen LogP contribution in [0.25, 0.3) is 0 Å². The highest BCUT2D eigenvalue weighted by atomic mass is 35.5. The fourth-order valence-electron chi connectivity index (χ4n) is 1.34. The molecule has 0 aliphatic heterocycles. The van der Waals surface area contributed by atoms with Crippen molar-refractivity contribution in [3.8, 4) is 0 Å². The first kappa shape index (κ1) is 12.3. The summed E-state index contributed by atoms with van der Waals surface area (Å²) in [6.45, 7) is 0.382. The zero-order valence-electron chi connectivity index (χ0n) is 9.43. The lowest BCUT2D eigenvalue weighted by atomic mass is 10.2. The summed E-state index contributed by atoms with van der Waals surface area (Å²) in [6.07, 6.45) is 3.05. The molecule has 0 radical (unpaired) electrons. The maximum Gasteiger partial charge on any atom is 0.253 e. The van der Waals surface area contributed by atoms with Crippen molar-refractivity contribution in [1.29, 1.82) is 0 Å². The average molecular weight is 263 g/mol. The Kier molecular flexibility index (Phi) is 3.74. The Morgan fingerprint density at radius 1 is 1.22 bits per heavy atom. The minimum Gasteiger partial charge on any atom is -0.384 e. The summed E-state index contributed by atoms with van der Waals surface area (Å²) >= 11 is 5.67. The fraction of sp³-hybridized carbons (Fsp3) is 0.0833.